The summed E-state index contributed by atoms with van der Waals surface area (Å²) in [6.45, 7) is 5.81. The van der Waals surface area contributed by atoms with Crippen molar-refractivity contribution in [1.82, 2.24) is 10.0 Å². The normalized spacial score (nSPS) is 23.2. The predicted octanol–water partition coefficient (Wildman–Crippen LogP) is 2.12. The molecule has 1 saturated heterocycles. The van der Waals surface area contributed by atoms with E-state index in [1.165, 1.54) is 0 Å². The van der Waals surface area contributed by atoms with Crippen molar-refractivity contribution >= 4 is 26.0 Å². The number of piperidine rings is 1. The van der Waals surface area contributed by atoms with Crippen LogP contribution in [0.25, 0.3) is 0 Å². The van der Waals surface area contributed by atoms with Gasteiger partial charge in [-0.1, -0.05) is 26.0 Å². The van der Waals surface area contributed by atoms with Crippen LogP contribution in [-0.2, 0) is 10.0 Å². The largest absolute Gasteiger partial charge is 0.316 e. The second kappa shape index (κ2) is 5.52. The van der Waals surface area contributed by atoms with E-state index >= 15 is 0 Å². The molecule has 1 fully saturated rings. The molecule has 1 heterocycles. The number of hydrogen-bond donors (Lipinski definition) is 2. The van der Waals surface area contributed by atoms with E-state index in [0.29, 0.717) is 9.37 Å². The average Bonchev–Trinajstić information content (AvgIpc) is 2.32. The Bertz CT molecular complexity index is 558. The summed E-state index contributed by atoms with van der Waals surface area (Å²) in [5, 5.41) is 3.30. The molecule has 0 bridgehead atoms. The Labute approximate surface area is 123 Å². The van der Waals surface area contributed by atoms with Gasteiger partial charge in [0.25, 0.3) is 0 Å². The van der Waals surface area contributed by atoms with Crippen molar-refractivity contribution in [3.05, 3.63) is 28.7 Å². The van der Waals surface area contributed by atoms with Crippen molar-refractivity contribution in [1.29, 1.82) is 0 Å². The van der Waals surface area contributed by atoms with Crippen LogP contribution < -0.4 is 10.0 Å². The van der Waals surface area contributed by atoms with Crippen LogP contribution in [-0.4, -0.2) is 27.5 Å². The van der Waals surface area contributed by atoms with Gasteiger partial charge in [-0.05, 0) is 46.4 Å². The van der Waals surface area contributed by atoms with Gasteiger partial charge in [0.15, 0.2) is 0 Å². The van der Waals surface area contributed by atoms with Gasteiger partial charge >= 0.3 is 0 Å². The Balaban J connectivity index is 2.25. The first-order chi connectivity index (χ1) is 8.83. The van der Waals surface area contributed by atoms with Crippen LogP contribution in [0.2, 0.25) is 0 Å². The van der Waals surface area contributed by atoms with Gasteiger partial charge in [-0.3, -0.25) is 0 Å². The highest BCUT2D eigenvalue weighted by molar-refractivity contribution is 9.10. The fourth-order valence-corrected chi connectivity index (χ4v) is 4.75. The van der Waals surface area contributed by atoms with E-state index in [1.807, 2.05) is 0 Å². The van der Waals surface area contributed by atoms with E-state index in [0.717, 1.165) is 19.5 Å². The summed E-state index contributed by atoms with van der Waals surface area (Å²) in [5.74, 6) is 0. The van der Waals surface area contributed by atoms with Crippen LogP contribution in [0.3, 0.4) is 0 Å². The van der Waals surface area contributed by atoms with E-state index in [2.05, 4.69) is 39.8 Å². The van der Waals surface area contributed by atoms with Gasteiger partial charge < -0.3 is 5.32 Å². The summed E-state index contributed by atoms with van der Waals surface area (Å²) < 4.78 is 28.3. The lowest BCUT2D eigenvalue weighted by atomic mass is 9.81. The Morgan fingerprint density at radius 3 is 2.68 bits per heavy atom. The molecule has 2 N–H and O–H groups in total. The van der Waals surface area contributed by atoms with Crippen LogP contribution in [0.15, 0.2) is 33.6 Å². The van der Waals surface area contributed by atoms with E-state index in [4.69, 9.17) is 0 Å². The molecular weight excluding hydrogens is 328 g/mol. The van der Waals surface area contributed by atoms with E-state index in [1.54, 1.807) is 24.3 Å². The van der Waals surface area contributed by atoms with E-state index < -0.39 is 10.0 Å². The highest BCUT2D eigenvalue weighted by Crippen LogP contribution is 2.28. The van der Waals surface area contributed by atoms with Gasteiger partial charge in [-0.2, -0.15) is 0 Å². The van der Waals surface area contributed by atoms with Gasteiger partial charge in [-0.15, -0.1) is 0 Å². The minimum Gasteiger partial charge on any atom is -0.316 e. The van der Waals surface area contributed by atoms with Crippen LogP contribution in [0.4, 0.5) is 0 Å². The fourth-order valence-electron chi connectivity index (χ4n) is 2.30. The number of sulfonamides is 1. The van der Waals surface area contributed by atoms with Crippen molar-refractivity contribution in [3.63, 3.8) is 0 Å². The second-order valence-electron chi connectivity index (χ2n) is 5.56. The molecule has 1 aliphatic heterocycles. The van der Waals surface area contributed by atoms with Crippen LogP contribution in [0.1, 0.15) is 20.3 Å². The summed E-state index contributed by atoms with van der Waals surface area (Å²) >= 11 is 3.29. The summed E-state index contributed by atoms with van der Waals surface area (Å²) in [6, 6.07) is 6.83. The molecular formula is C13H19BrN2O2S. The molecule has 6 heteroatoms. The monoisotopic (exact) mass is 346 g/mol. The zero-order valence-electron chi connectivity index (χ0n) is 11.1. The molecule has 0 spiro atoms. The third-order valence-electron chi connectivity index (χ3n) is 3.56. The van der Waals surface area contributed by atoms with Crippen molar-refractivity contribution in [3.8, 4) is 0 Å². The first-order valence-corrected chi connectivity index (χ1v) is 8.58. The third-order valence-corrected chi connectivity index (χ3v) is 6.04. The average molecular weight is 347 g/mol. The van der Waals surface area contributed by atoms with Gasteiger partial charge in [0.1, 0.15) is 0 Å². The maximum absolute atomic E-state index is 12.4. The second-order valence-corrected chi connectivity index (χ2v) is 8.10. The van der Waals surface area contributed by atoms with Crippen molar-refractivity contribution < 1.29 is 8.42 Å². The van der Waals surface area contributed by atoms with Gasteiger partial charge in [-0.25, -0.2) is 13.1 Å². The lowest BCUT2D eigenvalue weighted by Crippen LogP contribution is -2.54. The number of nitrogens with one attached hydrogen (secondary N) is 2. The molecule has 1 aromatic carbocycles. The Morgan fingerprint density at radius 2 is 2.05 bits per heavy atom. The number of benzene rings is 1. The lowest BCUT2D eigenvalue weighted by molar-refractivity contribution is 0.206. The van der Waals surface area contributed by atoms with Crippen molar-refractivity contribution in [2.75, 3.05) is 13.1 Å². The van der Waals surface area contributed by atoms with Crippen LogP contribution in [0.5, 0.6) is 0 Å². The van der Waals surface area contributed by atoms with Gasteiger partial charge in [0.2, 0.25) is 10.0 Å². The zero-order chi connectivity index (χ0) is 14.1. The first kappa shape index (κ1) is 15.0. The highest BCUT2D eigenvalue weighted by Gasteiger charge is 2.35. The van der Waals surface area contributed by atoms with E-state index in [9.17, 15) is 8.42 Å². The summed E-state index contributed by atoms with van der Waals surface area (Å²) in [7, 11) is -3.49. The molecule has 0 saturated carbocycles. The summed E-state index contributed by atoms with van der Waals surface area (Å²) in [6.07, 6.45) is 0.802. The summed E-state index contributed by atoms with van der Waals surface area (Å²) in [4.78, 5) is 0.296. The SMILES string of the molecule is CC1(C)CNCCC1NS(=O)(=O)c1ccccc1Br. The van der Waals surface area contributed by atoms with Crippen LogP contribution in [0, 0.1) is 5.41 Å². The Morgan fingerprint density at radius 1 is 1.37 bits per heavy atom. The molecule has 19 heavy (non-hydrogen) atoms. The molecule has 1 aliphatic rings. The predicted molar refractivity (Wildman–Crippen MR) is 79.5 cm³/mol. The minimum absolute atomic E-state index is 0.0501. The number of halogens is 1. The highest BCUT2D eigenvalue weighted by atomic mass is 79.9. The molecule has 0 aromatic heterocycles. The third kappa shape index (κ3) is 3.37. The van der Waals surface area contributed by atoms with Crippen molar-refractivity contribution in [2.45, 2.75) is 31.2 Å². The van der Waals surface area contributed by atoms with Gasteiger partial charge in [0, 0.05) is 17.1 Å². The fraction of sp³-hybridized carbons (Fsp3) is 0.538. The molecule has 1 atom stereocenters. The maximum atomic E-state index is 12.4. The molecule has 4 nitrogen and oxygen atoms in total. The number of hydrogen-bond acceptors (Lipinski definition) is 3. The zero-order valence-corrected chi connectivity index (χ0v) is 13.5. The quantitative estimate of drug-likeness (QED) is 0.881. The smallest absolute Gasteiger partial charge is 0.241 e. The maximum Gasteiger partial charge on any atom is 0.241 e. The standard InChI is InChI=1S/C13H19BrN2O2S/c1-13(2)9-15-8-7-12(13)16-19(17,18)11-6-4-3-5-10(11)14/h3-6,12,15-16H,7-9H2,1-2H3. The molecule has 0 amide bonds. The van der Waals surface area contributed by atoms with E-state index in [-0.39, 0.29) is 11.5 Å². The Kier molecular flexibility index (Phi) is 4.35. The molecule has 0 radical (unpaired) electrons. The topological polar surface area (TPSA) is 58.2 Å². The Hall–Kier alpha value is -0.430. The van der Waals surface area contributed by atoms with Crippen LogP contribution >= 0.6 is 15.9 Å². The lowest BCUT2D eigenvalue weighted by Gasteiger charge is -2.39. The summed E-state index contributed by atoms with van der Waals surface area (Å²) in [5.41, 5.74) is -0.0907. The molecule has 0 aliphatic carbocycles. The molecule has 2 rings (SSSR count). The molecule has 106 valence electrons. The molecule has 1 aromatic rings. The first-order valence-electron chi connectivity index (χ1n) is 6.30. The minimum atomic E-state index is -3.49. The number of rotatable bonds is 3. The van der Waals surface area contributed by atoms with Crippen molar-refractivity contribution in [2.24, 2.45) is 5.41 Å². The molecule has 1 unspecified atom stereocenters. The van der Waals surface area contributed by atoms with Gasteiger partial charge in [0.05, 0.1) is 4.90 Å².